The highest BCUT2D eigenvalue weighted by atomic mass is 19.1. The van der Waals surface area contributed by atoms with Crippen LogP contribution in [0.2, 0.25) is 0 Å². The molecule has 0 radical (unpaired) electrons. The molecule has 1 N–H and O–H groups in total. The van der Waals surface area contributed by atoms with Crippen LogP contribution in [0.3, 0.4) is 0 Å². The van der Waals surface area contributed by atoms with Crippen LogP contribution in [0.4, 0.5) is 4.39 Å². The molecule has 170 valence electrons. The molecule has 0 atom stereocenters. The number of piperazine rings is 1. The number of nitrogens with one attached hydrogen (secondary N) is 1. The van der Waals surface area contributed by atoms with Crippen LogP contribution in [0.25, 0.3) is 27.8 Å². The zero-order valence-corrected chi connectivity index (χ0v) is 18.4. The molecule has 1 aliphatic rings. The molecule has 2 aromatic carbocycles. The van der Waals surface area contributed by atoms with Crippen LogP contribution >= 0.6 is 0 Å². The van der Waals surface area contributed by atoms with Crippen molar-refractivity contribution in [3.63, 3.8) is 0 Å². The van der Waals surface area contributed by atoms with Crippen LogP contribution in [0.15, 0.2) is 59.5 Å². The second-order valence-corrected chi connectivity index (χ2v) is 8.28. The number of fused-ring (bicyclic) bond motifs is 1. The van der Waals surface area contributed by atoms with Gasteiger partial charge in [-0.3, -0.25) is 9.69 Å². The van der Waals surface area contributed by atoms with Gasteiger partial charge in [-0.1, -0.05) is 5.21 Å². The fourth-order valence-corrected chi connectivity index (χ4v) is 3.94. The summed E-state index contributed by atoms with van der Waals surface area (Å²) in [5.41, 5.74) is 1.81. The number of nitrogens with zero attached hydrogens (tertiary/aromatic N) is 5. The largest absolute Gasteiger partial charge is 0.492 e. The summed E-state index contributed by atoms with van der Waals surface area (Å²) in [7, 11) is 2.15. The van der Waals surface area contributed by atoms with Crippen LogP contribution in [0.1, 0.15) is 0 Å². The minimum absolute atomic E-state index is 0.301. The number of hydrogen-bond donors (Lipinski definition) is 1. The monoisotopic (exact) mass is 448 g/mol. The van der Waals surface area contributed by atoms with E-state index in [9.17, 15) is 9.18 Å². The third-order valence-corrected chi connectivity index (χ3v) is 5.95. The van der Waals surface area contributed by atoms with Crippen molar-refractivity contribution < 1.29 is 9.13 Å². The second-order valence-electron chi connectivity index (χ2n) is 8.28. The van der Waals surface area contributed by atoms with E-state index in [2.05, 4.69) is 32.1 Å². The van der Waals surface area contributed by atoms with Gasteiger partial charge in [0.05, 0.1) is 17.4 Å². The molecule has 0 aliphatic carbocycles. The molecule has 0 spiro atoms. The quantitative estimate of drug-likeness (QED) is 0.488. The van der Waals surface area contributed by atoms with Crippen molar-refractivity contribution in [2.24, 2.45) is 0 Å². The number of aromatic nitrogens is 4. The fraction of sp³-hybridized carbons (Fsp3) is 0.292. The highest BCUT2D eigenvalue weighted by Crippen LogP contribution is 2.20. The lowest BCUT2D eigenvalue weighted by molar-refractivity contribution is 0.134. The summed E-state index contributed by atoms with van der Waals surface area (Å²) in [6, 6.07) is 13.4. The lowest BCUT2D eigenvalue weighted by Gasteiger charge is -2.32. The second kappa shape index (κ2) is 9.13. The Bertz CT molecular complexity index is 1310. The van der Waals surface area contributed by atoms with Crippen molar-refractivity contribution in [1.29, 1.82) is 0 Å². The first-order valence-corrected chi connectivity index (χ1v) is 10.9. The number of aromatic amines is 1. The maximum atomic E-state index is 13.6. The maximum absolute atomic E-state index is 13.6. The average molecular weight is 449 g/mol. The number of halogens is 1. The third-order valence-electron chi connectivity index (χ3n) is 5.95. The van der Waals surface area contributed by atoms with Crippen molar-refractivity contribution in [2.45, 2.75) is 0 Å². The Morgan fingerprint density at radius 1 is 1.06 bits per heavy atom. The summed E-state index contributed by atoms with van der Waals surface area (Å²) in [4.78, 5) is 20.0. The number of rotatable bonds is 6. The minimum atomic E-state index is -0.366. The lowest BCUT2D eigenvalue weighted by Crippen LogP contribution is -2.45. The Morgan fingerprint density at radius 3 is 2.64 bits per heavy atom. The van der Waals surface area contributed by atoms with Gasteiger partial charge in [0.15, 0.2) is 0 Å². The Kier molecular flexibility index (Phi) is 5.89. The van der Waals surface area contributed by atoms with E-state index in [1.165, 1.54) is 12.1 Å². The molecule has 4 aromatic rings. The average Bonchev–Trinajstić information content (AvgIpc) is 3.31. The normalized spacial score (nSPS) is 15.2. The number of hydrogen-bond acceptors (Lipinski definition) is 6. The first-order valence-electron chi connectivity index (χ1n) is 10.9. The third kappa shape index (κ3) is 4.79. The molecule has 3 heterocycles. The smallest absolute Gasteiger partial charge is 0.258 e. The zero-order valence-electron chi connectivity index (χ0n) is 18.4. The summed E-state index contributed by atoms with van der Waals surface area (Å²) < 4.78 is 21.1. The van der Waals surface area contributed by atoms with Crippen molar-refractivity contribution in [1.82, 2.24) is 29.8 Å². The Labute approximate surface area is 190 Å². The van der Waals surface area contributed by atoms with Gasteiger partial charge in [0, 0.05) is 43.6 Å². The van der Waals surface area contributed by atoms with E-state index in [4.69, 9.17) is 4.74 Å². The van der Waals surface area contributed by atoms with E-state index in [1.54, 1.807) is 23.0 Å². The number of H-pyrrole nitrogens is 1. The van der Waals surface area contributed by atoms with Gasteiger partial charge in [-0.15, -0.1) is 5.10 Å². The Balaban J connectivity index is 1.26. The number of pyridine rings is 1. The molecule has 1 aliphatic heterocycles. The molecule has 1 saturated heterocycles. The molecule has 9 heteroatoms. The lowest BCUT2D eigenvalue weighted by atomic mass is 10.1. The van der Waals surface area contributed by atoms with E-state index >= 15 is 0 Å². The first-order chi connectivity index (χ1) is 16.0. The van der Waals surface area contributed by atoms with Crippen LogP contribution in [0.5, 0.6) is 5.75 Å². The van der Waals surface area contributed by atoms with Gasteiger partial charge in [0.25, 0.3) is 5.56 Å². The van der Waals surface area contributed by atoms with Gasteiger partial charge in [-0.25, -0.2) is 9.07 Å². The SMILES string of the molecule is CN1CCN(CCOc2ccc(-n3cc(-c4cc5cc(F)ccc5[nH]c4=O)nn3)cc2)CC1. The van der Waals surface area contributed by atoms with Gasteiger partial charge in [-0.2, -0.15) is 0 Å². The van der Waals surface area contributed by atoms with Crippen molar-refractivity contribution in [3.05, 3.63) is 70.9 Å². The number of ether oxygens (including phenoxy) is 1. The highest BCUT2D eigenvalue weighted by molar-refractivity contribution is 5.82. The molecule has 1 fully saturated rings. The molecule has 2 aromatic heterocycles. The van der Waals surface area contributed by atoms with Crippen LogP contribution < -0.4 is 10.3 Å². The van der Waals surface area contributed by atoms with Gasteiger partial charge >= 0.3 is 0 Å². The fourth-order valence-electron chi connectivity index (χ4n) is 3.94. The van der Waals surface area contributed by atoms with E-state index < -0.39 is 0 Å². The highest BCUT2D eigenvalue weighted by Gasteiger charge is 2.14. The molecular formula is C24H25FN6O2. The molecule has 0 amide bonds. The summed E-state index contributed by atoms with van der Waals surface area (Å²) in [6.07, 6.45) is 1.68. The van der Waals surface area contributed by atoms with Gasteiger partial charge in [0.1, 0.15) is 23.9 Å². The predicted molar refractivity (Wildman–Crippen MR) is 124 cm³/mol. The molecule has 0 saturated carbocycles. The molecule has 0 unspecified atom stereocenters. The summed E-state index contributed by atoms with van der Waals surface area (Å²) in [6.45, 7) is 5.88. The maximum Gasteiger partial charge on any atom is 0.258 e. The Morgan fingerprint density at radius 2 is 1.85 bits per heavy atom. The van der Waals surface area contributed by atoms with E-state index in [-0.39, 0.29) is 11.4 Å². The van der Waals surface area contributed by atoms with Crippen LogP contribution in [-0.4, -0.2) is 76.2 Å². The molecular weight excluding hydrogens is 423 g/mol. The first kappa shape index (κ1) is 21.3. The number of benzene rings is 2. The number of likely N-dealkylation sites (N-methyl/N-ethyl adjacent to an activating group) is 1. The van der Waals surface area contributed by atoms with Crippen LogP contribution in [-0.2, 0) is 0 Å². The zero-order chi connectivity index (χ0) is 22.8. The van der Waals surface area contributed by atoms with Gasteiger partial charge in [0.2, 0.25) is 0 Å². The molecule has 33 heavy (non-hydrogen) atoms. The molecule has 5 rings (SSSR count). The van der Waals surface area contributed by atoms with Crippen LogP contribution in [0, 0.1) is 5.82 Å². The Hall–Kier alpha value is -3.56. The van der Waals surface area contributed by atoms with Crippen molar-refractivity contribution >= 4 is 10.9 Å². The predicted octanol–water partition coefficient (Wildman–Crippen LogP) is 2.54. The van der Waals surface area contributed by atoms with Gasteiger partial charge < -0.3 is 14.6 Å². The topological polar surface area (TPSA) is 79.3 Å². The van der Waals surface area contributed by atoms with Crippen molar-refractivity contribution in [3.8, 4) is 22.7 Å². The minimum Gasteiger partial charge on any atom is -0.492 e. The summed E-state index contributed by atoms with van der Waals surface area (Å²) in [5.74, 6) is 0.427. The van der Waals surface area contributed by atoms with E-state index in [1.807, 2.05) is 24.3 Å². The van der Waals surface area contributed by atoms with Crippen molar-refractivity contribution in [2.75, 3.05) is 46.4 Å². The van der Waals surface area contributed by atoms with Gasteiger partial charge in [-0.05, 0) is 55.6 Å². The molecule has 8 nitrogen and oxygen atoms in total. The molecule has 0 bridgehead atoms. The van der Waals surface area contributed by atoms with E-state index in [0.717, 1.165) is 44.2 Å². The van der Waals surface area contributed by atoms with E-state index in [0.29, 0.717) is 28.8 Å². The summed E-state index contributed by atoms with van der Waals surface area (Å²) in [5, 5.41) is 8.88. The summed E-state index contributed by atoms with van der Waals surface area (Å²) >= 11 is 0. The standard InChI is InChI=1S/C24H25FN6O2/c1-29-8-10-30(11-9-29)12-13-33-20-5-3-19(4-6-20)31-16-23(27-28-31)21-15-17-14-18(25)2-7-22(17)26-24(21)32/h2-7,14-16H,8-13H2,1H3,(H,26,32).